The number of amides is 2. The maximum Gasteiger partial charge on any atom is 0.308 e. The van der Waals surface area contributed by atoms with Gasteiger partial charge in [0.25, 0.3) is 17.5 Å². The molecular formula is C17H21N3O6. The molecule has 1 aliphatic rings. The van der Waals surface area contributed by atoms with Gasteiger partial charge < -0.3 is 15.4 Å². The normalized spacial score (nSPS) is 13.8. The van der Waals surface area contributed by atoms with Gasteiger partial charge >= 0.3 is 5.97 Å². The smallest absolute Gasteiger partial charge is 0.308 e. The highest BCUT2D eigenvalue weighted by Crippen LogP contribution is 2.17. The number of nitro groups is 1. The molecule has 140 valence electrons. The highest BCUT2D eigenvalue weighted by molar-refractivity contribution is 5.94. The number of carbonyl (C=O) groups is 3. The number of non-ortho nitro benzene ring substituents is 1. The zero-order valence-electron chi connectivity index (χ0n) is 14.2. The largest absolute Gasteiger partial charge is 0.456 e. The minimum atomic E-state index is -0.587. The van der Waals surface area contributed by atoms with Crippen molar-refractivity contribution in [1.29, 1.82) is 0 Å². The number of nitrogens with one attached hydrogen (secondary N) is 2. The number of benzene rings is 1. The van der Waals surface area contributed by atoms with Crippen LogP contribution in [0.2, 0.25) is 0 Å². The standard InChI is InChI=1S/C17H21N3O6/c21-15(19-13-3-1-2-4-13)11-26-16(22)9-10-18-17(23)12-5-7-14(8-6-12)20(24)25/h5-8,13H,1-4,9-11H2,(H,18,23)(H,19,21). The number of hydrogen-bond acceptors (Lipinski definition) is 6. The third-order valence-corrected chi connectivity index (χ3v) is 4.04. The highest BCUT2D eigenvalue weighted by atomic mass is 16.6. The fraction of sp³-hybridized carbons (Fsp3) is 0.471. The first-order chi connectivity index (χ1) is 12.5. The average Bonchev–Trinajstić information content (AvgIpc) is 3.13. The van der Waals surface area contributed by atoms with Crippen molar-refractivity contribution in [3.05, 3.63) is 39.9 Å². The first kappa shape index (κ1) is 19.4. The van der Waals surface area contributed by atoms with E-state index in [1.807, 2.05) is 0 Å². The Bertz CT molecular complexity index is 668. The van der Waals surface area contributed by atoms with Crippen LogP contribution in [0.15, 0.2) is 24.3 Å². The molecule has 9 nitrogen and oxygen atoms in total. The van der Waals surface area contributed by atoms with Crippen LogP contribution in [0.4, 0.5) is 5.69 Å². The van der Waals surface area contributed by atoms with Gasteiger partial charge in [0.15, 0.2) is 6.61 Å². The lowest BCUT2D eigenvalue weighted by Crippen LogP contribution is -2.36. The molecule has 2 N–H and O–H groups in total. The molecule has 0 bridgehead atoms. The molecule has 0 aromatic heterocycles. The van der Waals surface area contributed by atoms with Gasteiger partial charge in [-0.2, -0.15) is 0 Å². The third-order valence-electron chi connectivity index (χ3n) is 4.04. The summed E-state index contributed by atoms with van der Waals surface area (Å²) in [6.45, 7) is -0.287. The monoisotopic (exact) mass is 363 g/mol. The maximum atomic E-state index is 11.9. The molecule has 0 spiro atoms. The zero-order valence-corrected chi connectivity index (χ0v) is 14.2. The van der Waals surface area contributed by atoms with Crippen LogP contribution in [-0.4, -0.2) is 41.9 Å². The van der Waals surface area contributed by atoms with E-state index in [2.05, 4.69) is 10.6 Å². The van der Waals surface area contributed by atoms with Crippen molar-refractivity contribution < 1.29 is 24.0 Å². The zero-order chi connectivity index (χ0) is 18.9. The van der Waals surface area contributed by atoms with Gasteiger partial charge in [0.1, 0.15) is 0 Å². The maximum absolute atomic E-state index is 11.9. The molecule has 0 heterocycles. The van der Waals surface area contributed by atoms with Crippen molar-refractivity contribution in [3.63, 3.8) is 0 Å². The predicted molar refractivity (Wildman–Crippen MR) is 91.4 cm³/mol. The molecule has 26 heavy (non-hydrogen) atoms. The van der Waals surface area contributed by atoms with E-state index in [0.717, 1.165) is 25.7 Å². The summed E-state index contributed by atoms with van der Waals surface area (Å²) in [5.74, 6) is -1.36. The van der Waals surface area contributed by atoms with Crippen molar-refractivity contribution in [2.75, 3.05) is 13.2 Å². The number of rotatable bonds is 8. The lowest BCUT2D eigenvalue weighted by Gasteiger charge is -2.12. The fourth-order valence-electron chi connectivity index (χ4n) is 2.67. The molecule has 1 saturated carbocycles. The Morgan fingerprint density at radius 3 is 2.42 bits per heavy atom. The van der Waals surface area contributed by atoms with Gasteiger partial charge in [-0.15, -0.1) is 0 Å². The number of nitrogens with zero attached hydrogens (tertiary/aromatic N) is 1. The van der Waals surface area contributed by atoms with Gasteiger partial charge in [0.05, 0.1) is 11.3 Å². The van der Waals surface area contributed by atoms with Gasteiger partial charge in [-0.05, 0) is 25.0 Å². The van der Waals surface area contributed by atoms with E-state index in [-0.39, 0.29) is 42.8 Å². The van der Waals surface area contributed by atoms with E-state index >= 15 is 0 Å². The Morgan fingerprint density at radius 1 is 1.15 bits per heavy atom. The van der Waals surface area contributed by atoms with Gasteiger partial charge in [0, 0.05) is 30.3 Å². The molecule has 1 aromatic carbocycles. The van der Waals surface area contributed by atoms with E-state index in [1.54, 1.807) is 0 Å². The Morgan fingerprint density at radius 2 is 1.81 bits per heavy atom. The number of carbonyl (C=O) groups excluding carboxylic acids is 3. The van der Waals surface area contributed by atoms with Crippen LogP contribution >= 0.6 is 0 Å². The van der Waals surface area contributed by atoms with Crippen molar-refractivity contribution in [2.45, 2.75) is 38.1 Å². The molecule has 0 aliphatic heterocycles. The topological polar surface area (TPSA) is 128 Å². The van der Waals surface area contributed by atoms with Crippen LogP contribution in [0.3, 0.4) is 0 Å². The van der Waals surface area contributed by atoms with Crippen molar-refractivity contribution >= 4 is 23.5 Å². The number of nitro benzene ring substituents is 1. The predicted octanol–water partition coefficient (Wildman–Crippen LogP) is 1.32. The summed E-state index contributed by atoms with van der Waals surface area (Å²) >= 11 is 0. The van der Waals surface area contributed by atoms with Crippen LogP contribution in [0.25, 0.3) is 0 Å². The van der Waals surface area contributed by atoms with E-state index in [4.69, 9.17) is 4.74 Å². The van der Waals surface area contributed by atoms with Crippen molar-refractivity contribution in [1.82, 2.24) is 10.6 Å². The molecular weight excluding hydrogens is 342 g/mol. The van der Waals surface area contributed by atoms with Gasteiger partial charge in [-0.3, -0.25) is 24.5 Å². The number of hydrogen-bond donors (Lipinski definition) is 2. The molecule has 1 aromatic rings. The number of ether oxygens (including phenoxy) is 1. The van der Waals surface area contributed by atoms with Gasteiger partial charge in [0.2, 0.25) is 0 Å². The first-order valence-corrected chi connectivity index (χ1v) is 8.43. The molecule has 0 radical (unpaired) electrons. The Balaban J connectivity index is 1.63. The van der Waals surface area contributed by atoms with E-state index in [9.17, 15) is 24.5 Å². The summed E-state index contributed by atoms with van der Waals surface area (Å²) in [7, 11) is 0. The summed E-state index contributed by atoms with van der Waals surface area (Å²) in [6.07, 6.45) is 4.02. The van der Waals surface area contributed by atoms with E-state index in [1.165, 1.54) is 24.3 Å². The highest BCUT2D eigenvalue weighted by Gasteiger charge is 2.18. The number of esters is 1. The second kappa shape index (κ2) is 9.50. The Hall–Kier alpha value is -2.97. The second-order valence-electron chi connectivity index (χ2n) is 6.02. The summed E-state index contributed by atoms with van der Waals surface area (Å²) in [4.78, 5) is 45.1. The summed E-state index contributed by atoms with van der Waals surface area (Å²) in [6, 6.07) is 5.29. The van der Waals surface area contributed by atoms with Crippen molar-refractivity contribution in [3.8, 4) is 0 Å². The third kappa shape index (κ3) is 6.15. The van der Waals surface area contributed by atoms with Crippen LogP contribution in [0, 0.1) is 10.1 Å². The van der Waals surface area contributed by atoms with E-state index in [0.29, 0.717) is 0 Å². The molecule has 0 unspecified atom stereocenters. The molecule has 0 atom stereocenters. The lowest BCUT2D eigenvalue weighted by molar-refractivity contribution is -0.384. The fourth-order valence-corrected chi connectivity index (χ4v) is 2.67. The van der Waals surface area contributed by atoms with E-state index < -0.39 is 16.8 Å². The minimum absolute atomic E-state index is 0.0406. The Kier molecular flexibility index (Phi) is 7.07. The van der Waals surface area contributed by atoms with Gasteiger partial charge in [-0.1, -0.05) is 12.8 Å². The van der Waals surface area contributed by atoms with Crippen LogP contribution in [0.1, 0.15) is 42.5 Å². The molecule has 1 fully saturated rings. The van der Waals surface area contributed by atoms with Crippen LogP contribution in [0.5, 0.6) is 0 Å². The lowest BCUT2D eigenvalue weighted by atomic mass is 10.2. The average molecular weight is 363 g/mol. The minimum Gasteiger partial charge on any atom is -0.456 e. The molecule has 2 amide bonds. The molecule has 1 aliphatic carbocycles. The summed E-state index contributed by atoms with van der Waals surface area (Å²) in [5, 5.41) is 15.9. The molecule has 9 heteroatoms. The summed E-state index contributed by atoms with van der Waals surface area (Å²) < 4.78 is 4.87. The molecule has 0 saturated heterocycles. The van der Waals surface area contributed by atoms with Gasteiger partial charge in [-0.25, -0.2) is 0 Å². The first-order valence-electron chi connectivity index (χ1n) is 8.43. The summed E-state index contributed by atoms with van der Waals surface area (Å²) in [5.41, 5.74) is 0.140. The second-order valence-corrected chi connectivity index (χ2v) is 6.02. The molecule has 2 rings (SSSR count). The quantitative estimate of drug-likeness (QED) is 0.407. The van der Waals surface area contributed by atoms with Crippen LogP contribution in [-0.2, 0) is 14.3 Å². The SMILES string of the molecule is O=C(COC(=O)CCNC(=O)c1ccc([N+](=O)[O-])cc1)NC1CCCC1. The Labute approximate surface area is 150 Å². The van der Waals surface area contributed by atoms with Crippen LogP contribution < -0.4 is 10.6 Å². The van der Waals surface area contributed by atoms with Crippen molar-refractivity contribution in [2.24, 2.45) is 0 Å².